The fraction of sp³-hybridized carbons (Fsp3) is 0.391. The fourth-order valence-electron chi connectivity index (χ4n) is 4.47. The van der Waals surface area contributed by atoms with Crippen molar-refractivity contribution in [1.29, 1.82) is 0 Å². The molecule has 1 aliphatic heterocycles. The van der Waals surface area contributed by atoms with Crippen molar-refractivity contribution >= 4 is 22.8 Å². The molecule has 0 N–H and O–H groups in total. The van der Waals surface area contributed by atoms with Crippen molar-refractivity contribution in [2.24, 2.45) is 7.05 Å². The Hall–Kier alpha value is -2.91. The standard InChI is InChI=1S/C23H21ClF2N6O/c1-31-20-19(16-5-2-14(25)9-17(16)26)28-21(29-22(20)30-23(31)24)12-6-7-33-18(8-12)13-10-27-32(11-13)15-3-4-15/h2,5,9-12,15,18H,3-4,6-8H2,1H3/t12-,18+/m0/s1. The molecule has 0 amide bonds. The Balaban J connectivity index is 1.40. The number of aryl methyl sites for hydroxylation is 1. The van der Waals surface area contributed by atoms with Crippen molar-refractivity contribution in [3.63, 3.8) is 0 Å². The molecule has 0 bridgehead atoms. The van der Waals surface area contributed by atoms with E-state index in [1.807, 2.05) is 10.9 Å². The van der Waals surface area contributed by atoms with Gasteiger partial charge in [-0.05, 0) is 49.4 Å². The van der Waals surface area contributed by atoms with Crippen LogP contribution in [-0.2, 0) is 11.8 Å². The van der Waals surface area contributed by atoms with Crippen molar-refractivity contribution in [3.05, 3.63) is 58.9 Å². The number of ether oxygens (including phenoxy) is 1. The molecule has 7 nitrogen and oxygen atoms in total. The smallest absolute Gasteiger partial charge is 0.205 e. The predicted octanol–water partition coefficient (Wildman–Crippen LogP) is 5.13. The van der Waals surface area contributed by atoms with Gasteiger partial charge < -0.3 is 9.30 Å². The van der Waals surface area contributed by atoms with Crippen LogP contribution in [0.2, 0.25) is 5.28 Å². The van der Waals surface area contributed by atoms with Gasteiger partial charge in [0.2, 0.25) is 5.28 Å². The number of benzene rings is 1. The van der Waals surface area contributed by atoms with E-state index in [0.717, 1.165) is 18.1 Å². The number of imidazole rings is 1. The van der Waals surface area contributed by atoms with Crippen LogP contribution in [0.15, 0.2) is 30.6 Å². The molecule has 2 aliphatic rings. The summed E-state index contributed by atoms with van der Waals surface area (Å²) in [4.78, 5) is 13.8. The van der Waals surface area contributed by atoms with Crippen LogP contribution in [0.5, 0.6) is 0 Å². The molecular weight excluding hydrogens is 450 g/mol. The van der Waals surface area contributed by atoms with Crippen LogP contribution in [0.25, 0.3) is 22.4 Å². The highest BCUT2D eigenvalue weighted by Crippen LogP contribution is 2.40. The first-order valence-electron chi connectivity index (χ1n) is 11.0. The largest absolute Gasteiger partial charge is 0.373 e. The fourth-order valence-corrected chi connectivity index (χ4v) is 4.64. The van der Waals surface area contributed by atoms with Crippen molar-refractivity contribution < 1.29 is 13.5 Å². The van der Waals surface area contributed by atoms with Gasteiger partial charge in [0.15, 0.2) is 5.65 Å². The average molecular weight is 471 g/mol. The zero-order chi connectivity index (χ0) is 22.7. The molecule has 1 saturated heterocycles. The normalized spacial score (nSPS) is 21.1. The van der Waals surface area contributed by atoms with Crippen molar-refractivity contribution in [2.75, 3.05) is 6.61 Å². The molecule has 1 saturated carbocycles. The summed E-state index contributed by atoms with van der Waals surface area (Å²) >= 11 is 6.25. The average Bonchev–Trinajstić information content (AvgIpc) is 3.46. The second kappa shape index (κ2) is 7.85. The Morgan fingerprint density at radius 1 is 1.12 bits per heavy atom. The summed E-state index contributed by atoms with van der Waals surface area (Å²) in [7, 11) is 1.72. The molecule has 0 unspecified atom stereocenters. The lowest BCUT2D eigenvalue weighted by Gasteiger charge is -2.28. The number of halogens is 3. The zero-order valence-electron chi connectivity index (χ0n) is 17.9. The minimum absolute atomic E-state index is 0.0135. The number of aromatic nitrogens is 6. The van der Waals surface area contributed by atoms with Gasteiger partial charge in [-0.1, -0.05) is 0 Å². The Bertz CT molecular complexity index is 1360. The highest BCUT2D eigenvalue weighted by molar-refractivity contribution is 6.29. The third-order valence-corrected chi connectivity index (χ3v) is 6.78. The lowest BCUT2D eigenvalue weighted by atomic mass is 9.92. The van der Waals surface area contributed by atoms with Gasteiger partial charge in [0, 0.05) is 43.0 Å². The molecule has 1 aliphatic carbocycles. The molecular formula is C23H21ClF2N6O. The van der Waals surface area contributed by atoms with E-state index in [1.54, 1.807) is 11.6 Å². The molecule has 6 rings (SSSR count). The number of rotatable bonds is 4. The zero-order valence-corrected chi connectivity index (χ0v) is 18.6. The predicted molar refractivity (Wildman–Crippen MR) is 118 cm³/mol. The van der Waals surface area contributed by atoms with Gasteiger partial charge in [0.25, 0.3) is 0 Å². The summed E-state index contributed by atoms with van der Waals surface area (Å²) in [5.41, 5.74) is 2.45. The minimum Gasteiger partial charge on any atom is -0.373 e. The summed E-state index contributed by atoms with van der Waals surface area (Å²) < 4.78 is 38.0. The molecule has 0 spiro atoms. The molecule has 10 heteroatoms. The highest BCUT2D eigenvalue weighted by Gasteiger charge is 2.31. The van der Waals surface area contributed by atoms with Crippen LogP contribution in [0, 0.1) is 11.6 Å². The van der Waals surface area contributed by atoms with E-state index in [-0.39, 0.29) is 22.9 Å². The van der Waals surface area contributed by atoms with Crippen molar-refractivity contribution in [1.82, 2.24) is 29.3 Å². The van der Waals surface area contributed by atoms with Crippen LogP contribution in [0.4, 0.5) is 8.78 Å². The van der Waals surface area contributed by atoms with E-state index >= 15 is 0 Å². The SMILES string of the molecule is Cn1c(Cl)nc2nc([C@H]3CCO[C@@H](c4cnn(C5CC5)c4)C3)nc(-c3ccc(F)cc3F)c21. The quantitative estimate of drug-likeness (QED) is 0.387. The van der Waals surface area contributed by atoms with E-state index in [1.165, 1.54) is 25.0 Å². The summed E-state index contributed by atoms with van der Waals surface area (Å²) in [6.07, 6.45) is 7.55. The van der Waals surface area contributed by atoms with Gasteiger partial charge in [-0.15, -0.1) is 0 Å². The number of hydrogen-bond donors (Lipinski definition) is 0. The monoisotopic (exact) mass is 470 g/mol. The molecule has 4 aromatic rings. The molecule has 0 radical (unpaired) electrons. The highest BCUT2D eigenvalue weighted by atomic mass is 35.5. The van der Waals surface area contributed by atoms with Gasteiger partial charge in [0.05, 0.1) is 18.3 Å². The number of nitrogens with zero attached hydrogens (tertiary/aromatic N) is 6. The minimum atomic E-state index is -0.699. The number of fused-ring (bicyclic) bond motifs is 1. The Morgan fingerprint density at radius 2 is 1.97 bits per heavy atom. The second-order valence-corrected chi connectivity index (χ2v) is 9.07. The molecule has 3 aromatic heterocycles. The first-order chi connectivity index (χ1) is 16.0. The Labute approximate surface area is 193 Å². The Kier molecular flexibility index (Phi) is 4.92. The molecule has 170 valence electrons. The van der Waals surface area contributed by atoms with Crippen LogP contribution in [0.3, 0.4) is 0 Å². The third kappa shape index (κ3) is 3.69. The summed E-state index contributed by atoms with van der Waals surface area (Å²) in [6, 6.07) is 3.96. The maximum absolute atomic E-state index is 14.7. The number of hydrogen-bond acceptors (Lipinski definition) is 5. The van der Waals surface area contributed by atoms with Gasteiger partial charge in [0.1, 0.15) is 28.7 Å². The van der Waals surface area contributed by atoms with Gasteiger partial charge in [-0.2, -0.15) is 10.1 Å². The van der Waals surface area contributed by atoms with E-state index in [4.69, 9.17) is 21.3 Å². The van der Waals surface area contributed by atoms with Gasteiger partial charge in [-0.3, -0.25) is 4.68 Å². The third-order valence-electron chi connectivity index (χ3n) is 6.44. The van der Waals surface area contributed by atoms with Gasteiger partial charge in [-0.25, -0.2) is 18.7 Å². The topological polar surface area (TPSA) is 70.7 Å². The van der Waals surface area contributed by atoms with Crippen LogP contribution < -0.4 is 0 Å². The second-order valence-electron chi connectivity index (χ2n) is 8.73. The maximum Gasteiger partial charge on any atom is 0.205 e. The molecule has 2 atom stereocenters. The van der Waals surface area contributed by atoms with Crippen LogP contribution in [0.1, 0.15) is 55.1 Å². The lowest BCUT2D eigenvalue weighted by Crippen LogP contribution is -2.20. The van der Waals surface area contributed by atoms with Crippen LogP contribution in [-0.4, -0.2) is 35.9 Å². The summed E-state index contributed by atoms with van der Waals surface area (Å²) in [5.74, 6) is -0.807. The van der Waals surface area contributed by atoms with E-state index in [9.17, 15) is 8.78 Å². The summed E-state index contributed by atoms with van der Waals surface area (Å²) in [5, 5.41) is 4.70. The first kappa shape index (κ1) is 20.7. The molecule has 4 heterocycles. The molecule has 33 heavy (non-hydrogen) atoms. The van der Waals surface area contributed by atoms with Gasteiger partial charge >= 0.3 is 0 Å². The summed E-state index contributed by atoms with van der Waals surface area (Å²) in [6.45, 7) is 0.550. The van der Waals surface area contributed by atoms with Crippen LogP contribution >= 0.6 is 11.6 Å². The first-order valence-corrected chi connectivity index (χ1v) is 11.4. The van der Waals surface area contributed by atoms with E-state index in [0.29, 0.717) is 41.8 Å². The molecule has 2 fully saturated rings. The van der Waals surface area contributed by atoms with E-state index in [2.05, 4.69) is 21.3 Å². The lowest BCUT2D eigenvalue weighted by molar-refractivity contribution is 0.00396. The van der Waals surface area contributed by atoms with Crippen molar-refractivity contribution in [2.45, 2.75) is 43.7 Å². The maximum atomic E-state index is 14.7. The Morgan fingerprint density at radius 3 is 2.76 bits per heavy atom. The van der Waals surface area contributed by atoms with E-state index < -0.39 is 11.6 Å². The van der Waals surface area contributed by atoms with Crippen molar-refractivity contribution in [3.8, 4) is 11.3 Å². The molecule has 1 aromatic carbocycles.